The maximum absolute atomic E-state index is 11.6. The van der Waals surface area contributed by atoms with Crippen molar-refractivity contribution < 1.29 is 9.53 Å². The van der Waals surface area contributed by atoms with Gasteiger partial charge in [0.15, 0.2) is 6.61 Å². The molecule has 3 N–H and O–H groups in total. The van der Waals surface area contributed by atoms with Gasteiger partial charge in [0, 0.05) is 18.2 Å². The Labute approximate surface area is 115 Å². The molecule has 1 aromatic carbocycles. The number of aryl methyl sites for hydroxylation is 1. The molecule has 0 saturated carbocycles. The fraction of sp³-hybridized carbons (Fsp3) is 0.533. The smallest absolute Gasteiger partial charge is 0.257 e. The van der Waals surface area contributed by atoms with Crippen LogP contribution >= 0.6 is 0 Å². The van der Waals surface area contributed by atoms with Crippen LogP contribution in [0.2, 0.25) is 0 Å². The summed E-state index contributed by atoms with van der Waals surface area (Å²) >= 11 is 0. The number of unbranched alkanes of at least 4 members (excludes halogenated alkanes) is 1. The number of carbonyl (C=O) groups excluding carboxylic acids is 1. The van der Waals surface area contributed by atoms with Crippen molar-refractivity contribution in [2.45, 2.75) is 39.7 Å². The highest BCUT2D eigenvalue weighted by Gasteiger charge is 2.10. The molecule has 0 aliphatic heterocycles. The lowest BCUT2D eigenvalue weighted by molar-refractivity contribution is -0.123. The lowest BCUT2D eigenvalue weighted by Crippen LogP contribution is -2.29. The summed E-state index contributed by atoms with van der Waals surface area (Å²) in [6.45, 7) is 6.71. The normalized spacial score (nSPS) is 12.0. The second-order valence-corrected chi connectivity index (χ2v) is 4.82. The average Bonchev–Trinajstić information content (AvgIpc) is 2.36. The molecule has 0 unspecified atom stereocenters. The predicted molar refractivity (Wildman–Crippen MR) is 77.2 cm³/mol. The Hall–Kier alpha value is -1.55. The van der Waals surface area contributed by atoms with Crippen LogP contribution in [-0.2, 0) is 4.79 Å². The van der Waals surface area contributed by atoms with E-state index in [9.17, 15) is 4.79 Å². The van der Waals surface area contributed by atoms with Gasteiger partial charge >= 0.3 is 0 Å². The van der Waals surface area contributed by atoms with Crippen molar-refractivity contribution in [3.05, 3.63) is 29.3 Å². The molecule has 0 spiro atoms. The first-order chi connectivity index (χ1) is 9.04. The van der Waals surface area contributed by atoms with Crippen LogP contribution in [0.25, 0.3) is 0 Å². The van der Waals surface area contributed by atoms with Crippen LogP contribution in [0.15, 0.2) is 18.2 Å². The van der Waals surface area contributed by atoms with Gasteiger partial charge in [-0.1, -0.05) is 25.5 Å². The summed E-state index contributed by atoms with van der Waals surface area (Å²) in [5.74, 6) is 0.603. The lowest BCUT2D eigenvalue weighted by Gasteiger charge is -2.14. The number of hydrogen-bond acceptors (Lipinski definition) is 3. The van der Waals surface area contributed by atoms with Crippen LogP contribution in [0, 0.1) is 6.92 Å². The summed E-state index contributed by atoms with van der Waals surface area (Å²) in [5, 5.41) is 2.82. The standard InChI is InChI=1S/C15H24N2O2/c1-4-5-8-17-15(18)10-19-14-9-11(2)6-7-13(14)12(3)16/h6-7,9,12H,4-5,8,10,16H2,1-3H3,(H,17,18)/t12-/m0/s1. The quantitative estimate of drug-likeness (QED) is 0.743. The van der Waals surface area contributed by atoms with Crippen LogP contribution in [0.4, 0.5) is 0 Å². The Balaban J connectivity index is 2.56. The van der Waals surface area contributed by atoms with Gasteiger partial charge in [-0.2, -0.15) is 0 Å². The third kappa shape index (κ3) is 5.30. The third-order valence-corrected chi connectivity index (χ3v) is 2.87. The van der Waals surface area contributed by atoms with Gasteiger partial charge in [-0.05, 0) is 31.9 Å². The van der Waals surface area contributed by atoms with E-state index in [1.54, 1.807) is 0 Å². The van der Waals surface area contributed by atoms with E-state index < -0.39 is 0 Å². The molecule has 106 valence electrons. The van der Waals surface area contributed by atoms with Gasteiger partial charge in [0.2, 0.25) is 0 Å². The minimum Gasteiger partial charge on any atom is -0.483 e. The minimum absolute atomic E-state index is 0.0346. The maximum atomic E-state index is 11.6. The van der Waals surface area contributed by atoms with Gasteiger partial charge in [-0.3, -0.25) is 4.79 Å². The molecule has 0 fully saturated rings. The molecule has 0 saturated heterocycles. The maximum Gasteiger partial charge on any atom is 0.257 e. The number of benzene rings is 1. The van der Waals surface area contributed by atoms with Gasteiger partial charge in [0.1, 0.15) is 5.75 Å². The molecule has 0 aromatic heterocycles. The van der Waals surface area contributed by atoms with Gasteiger partial charge in [0.25, 0.3) is 5.91 Å². The fourth-order valence-corrected chi connectivity index (χ4v) is 1.74. The zero-order valence-corrected chi connectivity index (χ0v) is 12.0. The number of nitrogens with one attached hydrogen (secondary N) is 1. The molecule has 1 amide bonds. The lowest BCUT2D eigenvalue weighted by atomic mass is 10.1. The molecule has 0 aliphatic rings. The molecule has 0 radical (unpaired) electrons. The Morgan fingerprint density at radius 2 is 2.21 bits per heavy atom. The van der Waals surface area contributed by atoms with E-state index in [1.807, 2.05) is 32.0 Å². The zero-order valence-electron chi connectivity index (χ0n) is 12.0. The molecule has 1 rings (SSSR count). The minimum atomic E-state index is -0.112. The molecule has 0 bridgehead atoms. The van der Waals surface area contributed by atoms with E-state index in [0.29, 0.717) is 12.3 Å². The van der Waals surface area contributed by atoms with Crippen molar-refractivity contribution in [2.75, 3.05) is 13.2 Å². The summed E-state index contributed by atoms with van der Waals surface area (Å²) < 4.78 is 5.58. The Bertz CT molecular complexity index is 417. The SMILES string of the molecule is CCCCNC(=O)COc1cc(C)ccc1[C@H](C)N. The van der Waals surface area contributed by atoms with Crippen molar-refractivity contribution in [1.29, 1.82) is 0 Å². The molecular formula is C15H24N2O2. The first kappa shape index (κ1) is 15.5. The number of ether oxygens (including phenoxy) is 1. The summed E-state index contributed by atoms with van der Waals surface area (Å²) in [5.41, 5.74) is 7.90. The highest BCUT2D eigenvalue weighted by molar-refractivity contribution is 5.77. The van der Waals surface area contributed by atoms with E-state index >= 15 is 0 Å². The van der Waals surface area contributed by atoms with Gasteiger partial charge in [0.05, 0.1) is 0 Å². The van der Waals surface area contributed by atoms with Crippen LogP contribution in [0.3, 0.4) is 0 Å². The molecule has 0 heterocycles. The molecule has 4 heteroatoms. The number of hydrogen-bond donors (Lipinski definition) is 2. The predicted octanol–water partition coefficient (Wildman–Crippen LogP) is 2.31. The fourth-order valence-electron chi connectivity index (χ4n) is 1.74. The van der Waals surface area contributed by atoms with E-state index in [2.05, 4.69) is 12.2 Å². The van der Waals surface area contributed by atoms with E-state index in [1.165, 1.54) is 0 Å². The van der Waals surface area contributed by atoms with Gasteiger partial charge < -0.3 is 15.8 Å². The molecular weight excluding hydrogens is 240 g/mol. The van der Waals surface area contributed by atoms with E-state index in [0.717, 1.165) is 24.0 Å². The summed E-state index contributed by atoms with van der Waals surface area (Å²) in [4.78, 5) is 11.6. The van der Waals surface area contributed by atoms with Crippen molar-refractivity contribution in [3.8, 4) is 5.75 Å². The summed E-state index contributed by atoms with van der Waals surface area (Å²) in [7, 11) is 0. The van der Waals surface area contributed by atoms with Gasteiger partial charge in [-0.25, -0.2) is 0 Å². The van der Waals surface area contributed by atoms with Crippen molar-refractivity contribution >= 4 is 5.91 Å². The van der Waals surface area contributed by atoms with Crippen LogP contribution in [-0.4, -0.2) is 19.1 Å². The summed E-state index contributed by atoms with van der Waals surface area (Å²) in [6.07, 6.45) is 2.05. The molecule has 19 heavy (non-hydrogen) atoms. The van der Waals surface area contributed by atoms with Crippen LogP contribution in [0.5, 0.6) is 5.75 Å². The van der Waals surface area contributed by atoms with E-state index in [4.69, 9.17) is 10.5 Å². The van der Waals surface area contributed by atoms with Crippen LogP contribution < -0.4 is 15.8 Å². The Morgan fingerprint density at radius 3 is 2.84 bits per heavy atom. The monoisotopic (exact) mass is 264 g/mol. The first-order valence-corrected chi connectivity index (χ1v) is 6.80. The average molecular weight is 264 g/mol. The third-order valence-electron chi connectivity index (χ3n) is 2.87. The highest BCUT2D eigenvalue weighted by atomic mass is 16.5. The highest BCUT2D eigenvalue weighted by Crippen LogP contribution is 2.24. The molecule has 0 aliphatic carbocycles. The van der Waals surface area contributed by atoms with Gasteiger partial charge in [-0.15, -0.1) is 0 Å². The molecule has 1 atom stereocenters. The second-order valence-electron chi connectivity index (χ2n) is 4.82. The number of rotatable bonds is 7. The molecule has 1 aromatic rings. The van der Waals surface area contributed by atoms with Crippen molar-refractivity contribution in [2.24, 2.45) is 5.73 Å². The van der Waals surface area contributed by atoms with Crippen LogP contribution in [0.1, 0.15) is 43.9 Å². The summed E-state index contributed by atoms with van der Waals surface area (Å²) in [6, 6.07) is 5.74. The first-order valence-electron chi connectivity index (χ1n) is 6.80. The second kappa shape index (κ2) is 7.79. The van der Waals surface area contributed by atoms with E-state index in [-0.39, 0.29) is 18.6 Å². The number of carbonyl (C=O) groups is 1. The largest absolute Gasteiger partial charge is 0.483 e. The van der Waals surface area contributed by atoms with Crippen molar-refractivity contribution in [3.63, 3.8) is 0 Å². The number of amides is 1. The molecule has 4 nitrogen and oxygen atoms in total. The Morgan fingerprint density at radius 1 is 1.47 bits per heavy atom. The topological polar surface area (TPSA) is 64.3 Å². The Kier molecular flexibility index (Phi) is 6.36. The number of nitrogens with two attached hydrogens (primary N) is 1. The zero-order chi connectivity index (χ0) is 14.3. The van der Waals surface area contributed by atoms with Crippen molar-refractivity contribution in [1.82, 2.24) is 5.32 Å².